The van der Waals surface area contributed by atoms with Crippen LogP contribution < -0.4 is 24.3 Å². The van der Waals surface area contributed by atoms with Crippen LogP contribution in [-0.2, 0) is 4.79 Å². The fraction of sp³-hybridized carbons (Fsp3) is 0.217. The Bertz CT molecular complexity index is 1330. The number of fused-ring (bicyclic) bond motifs is 1. The van der Waals surface area contributed by atoms with Crippen LogP contribution in [0.3, 0.4) is 0 Å². The highest BCUT2D eigenvalue weighted by atomic mass is 32.2. The maximum Gasteiger partial charge on any atom is 0.234 e. The van der Waals surface area contributed by atoms with Crippen molar-refractivity contribution in [2.24, 2.45) is 0 Å². The van der Waals surface area contributed by atoms with Gasteiger partial charge in [0.15, 0.2) is 17.1 Å². The van der Waals surface area contributed by atoms with E-state index in [9.17, 15) is 4.79 Å². The lowest BCUT2D eigenvalue weighted by Crippen LogP contribution is -2.15. The molecule has 0 unspecified atom stereocenters. The van der Waals surface area contributed by atoms with E-state index in [-0.39, 0.29) is 11.7 Å². The predicted octanol–water partition coefficient (Wildman–Crippen LogP) is 3.56. The second kappa shape index (κ2) is 10.3. The third-order valence-electron chi connectivity index (χ3n) is 4.93. The van der Waals surface area contributed by atoms with E-state index in [1.54, 1.807) is 44.0 Å². The van der Waals surface area contributed by atoms with Crippen molar-refractivity contribution < 1.29 is 23.7 Å². The zero-order valence-electron chi connectivity index (χ0n) is 19.1. The minimum absolute atomic E-state index is 0.101. The Kier molecular flexibility index (Phi) is 7.02. The number of hydrogen-bond acceptors (Lipinski definition) is 9. The standard InChI is InChI=1S/C23H23N5O5S/c1-30-15-6-9-18(31-2)17(12-15)24-22(29)13-34-23-26-25-21-10-7-16(27-28(21)23)14-5-8-19(32-3)20(11-14)33-4/h5-12H,13H2,1-4H3,(H,24,29). The van der Waals surface area contributed by atoms with Gasteiger partial charge in [0.25, 0.3) is 0 Å². The van der Waals surface area contributed by atoms with Crippen LogP contribution in [0.15, 0.2) is 53.7 Å². The van der Waals surface area contributed by atoms with Crippen molar-refractivity contribution in [3.8, 4) is 34.3 Å². The fourth-order valence-corrected chi connectivity index (χ4v) is 3.92. The highest BCUT2D eigenvalue weighted by molar-refractivity contribution is 7.99. The van der Waals surface area contributed by atoms with Gasteiger partial charge in [-0.1, -0.05) is 11.8 Å². The van der Waals surface area contributed by atoms with E-state index in [1.165, 1.54) is 18.9 Å². The van der Waals surface area contributed by atoms with Crippen LogP contribution in [0, 0.1) is 0 Å². The van der Waals surface area contributed by atoms with Gasteiger partial charge in [-0.25, -0.2) is 0 Å². The number of nitrogens with one attached hydrogen (secondary N) is 1. The van der Waals surface area contributed by atoms with Gasteiger partial charge in [-0.3, -0.25) is 4.79 Å². The first-order valence-electron chi connectivity index (χ1n) is 10.2. The summed E-state index contributed by atoms with van der Waals surface area (Å²) in [6.45, 7) is 0. The molecule has 34 heavy (non-hydrogen) atoms. The maximum absolute atomic E-state index is 12.6. The molecule has 0 radical (unpaired) electrons. The van der Waals surface area contributed by atoms with Crippen molar-refractivity contribution in [2.45, 2.75) is 5.16 Å². The third-order valence-corrected chi connectivity index (χ3v) is 5.85. The zero-order valence-corrected chi connectivity index (χ0v) is 19.9. The van der Waals surface area contributed by atoms with Gasteiger partial charge in [0.1, 0.15) is 11.5 Å². The van der Waals surface area contributed by atoms with Crippen molar-refractivity contribution in [3.63, 3.8) is 0 Å². The predicted molar refractivity (Wildman–Crippen MR) is 128 cm³/mol. The van der Waals surface area contributed by atoms with Gasteiger partial charge in [-0.05, 0) is 42.5 Å². The number of carbonyl (C=O) groups excluding carboxylic acids is 1. The van der Waals surface area contributed by atoms with Crippen molar-refractivity contribution >= 4 is 29.0 Å². The average molecular weight is 482 g/mol. The Labute approximate surface area is 200 Å². The molecule has 0 aliphatic rings. The summed E-state index contributed by atoms with van der Waals surface area (Å²) in [5.41, 5.74) is 2.63. The van der Waals surface area contributed by atoms with Crippen LogP contribution in [0.25, 0.3) is 16.9 Å². The molecule has 4 aromatic rings. The quantitative estimate of drug-likeness (QED) is 0.359. The first-order chi connectivity index (χ1) is 16.6. The smallest absolute Gasteiger partial charge is 0.234 e. The maximum atomic E-state index is 12.6. The Balaban J connectivity index is 1.52. The van der Waals surface area contributed by atoms with Gasteiger partial charge in [0.05, 0.1) is 45.6 Å². The Morgan fingerprint density at radius 3 is 2.38 bits per heavy atom. The van der Waals surface area contributed by atoms with Crippen LogP contribution in [-0.4, -0.2) is 59.9 Å². The number of rotatable bonds is 9. The van der Waals surface area contributed by atoms with Gasteiger partial charge < -0.3 is 24.3 Å². The number of thioether (sulfide) groups is 1. The van der Waals surface area contributed by atoms with Crippen LogP contribution in [0.1, 0.15) is 0 Å². The molecule has 11 heteroatoms. The molecule has 4 rings (SSSR count). The minimum atomic E-state index is -0.232. The zero-order chi connectivity index (χ0) is 24.1. The number of carbonyl (C=O) groups is 1. The van der Waals surface area contributed by atoms with Gasteiger partial charge >= 0.3 is 0 Å². The molecule has 1 N–H and O–H groups in total. The summed E-state index contributed by atoms with van der Waals surface area (Å²) in [7, 11) is 6.26. The highest BCUT2D eigenvalue weighted by Gasteiger charge is 2.14. The molecule has 0 bridgehead atoms. The van der Waals surface area contributed by atoms with E-state index < -0.39 is 0 Å². The summed E-state index contributed by atoms with van der Waals surface area (Å²) in [6, 6.07) is 14.4. The molecule has 0 spiro atoms. The van der Waals surface area contributed by atoms with Crippen LogP contribution >= 0.6 is 11.8 Å². The number of anilines is 1. The van der Waals surface area contributed by atoms with Gasteiger partial charge in [-0.15, -0.1) is 10.2 Å². The number of aromatic nitrogens is 4. The van der Waals surface area contributed by atoms with E-state index in [1.807, 2.05) is 30.3 Å². The number of hydrogen-bond donors (Lipinski definition) is 1. The molecule has 0 aliphatic heterocycles. The number of benzene rings is 2. The molecular formula is C23H23N5O5S. The van der Waals surface area contributed by atoms with Crippen molar-refractivity contribution in [2.75, 3.05) is 39.5 Å². The number of methoxy groups -OCH3 is 4. The summed E-state index contributed by atoms with van der Waals surface area (Å²) in [6.07, 6.45) is 0. The highest BCUT2D eigenvalue weighted by Crippen LogP contribution is 2.32. The SMILES string of the molecule is COc1ccc(OC)c(NC(=O)CSc2nnc3ccc(-c4ccc(OC)c(OC)c4)nn23)c1. The molecule has 0 aliphatic carbocycles. The van der Waals surface area contributed by atoms with Gasteiger partial charge in [0, 0.05) is 11.6 Å². The van der Waals surface area contributed by atoms with Gasteiger partial charge in [0.2, 0.25) is 11.1 Å². The molecule has 2 aromatic heterocycles. The summed E-state index contributed by atoms with van der Waals surface area (Å²) in [5, 5.41) is 16.3. The molecule has 0 saturated heterocycles. The van der Waals surface area contributed by atoms with Crippen molar-refractivity contribution in [1.82, 2.24) is 19.8 Å². The summed E-state index contributed by atoms with van der Waals surface area (Å²) < 4.78 is 22.8. The number of amides is 1. The molecule has 10 nitrogen and oxygen atoms in total. The van der Waals surface area contributed by atoms with Crippen molar-refractivity contribution in [3.05, 3.63) is 48.5 Å². The molecule has 176 valence electrons. The molecule has 0 fully saturated rings. The van der Waals surface area contributed by atoms with Crippen LogP contribution in [0.2, 0.25) is 0 Å². The van der Waals surface area contributed by atoms with Crippen LogP contribution in [0.5, 0.6) is 23.0 Å². The Hall–Kier alpha value is -3.99. The van der Waals surface area contributed by atoms with E-state index >= 15 is 0 Å². The third kappa shape index (κ3) is 4.84. The lowest BCUT2D eigenvalue weighted by atomic mass is 10.1. The first kappa shape index (κ1) is 23.2. The molecule has 1 amide bonds. The summed E-state index contributed by atoms with van der Waals surface area (Å²) in [5.74, 6) is 2.25. The number of ether oxygens (including phenoxy) is 4. The topological polar surface area (TPSA) is 109 Å². The first-order valence-corrected chi connectivity index (χ1v) is 11.1. The van der Waals surface area contributed by atoms with Crippen LogP contribution in [0.4, 0.5) is 5.69 Å². The Morgan fingerprint density at radius 2 is 1.65 bits per heavy atom. The van der Waals surface area contributed by atoms with E-state index in [0.717, 1.165) is 5.56 Å². The largest absolute Gasteiger partial charge is 0.497 e. The molecule has 0 atom stereocenters. The normalized spacial score (nSPS) is 10.7. The Morgan fingerprint density at radius 1 is 0.882 bits per heavy atom. The molecule has 2 heterocycles. The van der Waals surface area contributed by atoms with E-state index in [0.29, 0.717) is 45.2 Å². The minimum Gasteiger partial charge on any atom is -0.497 e. The fourth-order valence-electron chi connectivity index (χ4n) is 3.24. The van der Waals surface area contributed by atoms with E-state index in [4.69, 9.17) is 18.9 Å². The molecule has 2 aromatic carbocycles. The molecular weight excluding hydrogens is 458 g/mol. The van der Waals surface area contributed by atoms with Gasteiger partial charge in [-0.2, -0.15) is 9.61 Å². The monoisotopic (exact) mass is 481 g/mol. The summed E-state index contributed by atoms with van der Waals surface area (Å²) >= 11 is 1.22. The van der Waals surface area contributed by atoms with Crippen molar-refractivity contribution in [1.29, 1.82) is 0 Å². The average Bonchev–Trinajstić information content (AvgIpc) is 3.29. The second-order valence-corrected chi connectivity index (χ2v) is 7.89. The molecule has 0 saturated carbocycles. The van der Waals surface area contributed by atoms with E-state index in [2.05, 4.69) is 20.6 Å². The lowest BCUT2D eigenvalue weighted by Gasteiger charge is -2.11. The lowest BCUT2D eigenvalue weighted by molar-refractivity contribution is -0.113. The summed E-state index contributed by atoms with van der Waals surface area (Å²) in [4.78, 5) is 12.6. The second-order valence-electron chi connectivity index (χ2n) is 6.94. The number of nitrogens with zero attached hydrogens (tertiary/aromatic N) is 4.